The van der Waals surface area contributed by atoms with Crippen molar-refractivity contribution in [3.63, 3.8) is 0 Å². The predicted molar refractivity (Wildman–Crippen MR) is 77.5 cm³/mol. The molecule has 1 aromatic rings. The number of nitrogen functional groups attached to an aromatic ring is 1. The summed E-state index contributed by atoms with van der Waals surface area (Å²) < 4.78 is 0. The molecule has 1 atom stereocenters. The first kappa shape index (κ1) is 15.5. The average molecular weight is 274 g/mol. The first-order valence-electron chi connectivity index (χ1n) is 6.24. The number of carbonyl (C=O) groups excluding carboxylic acids is 1. The maximum Gasteiger partial charge on any atom is 0.267 e. The predicted octanol–water partition coefficient (Wildman–Crippen LogP) is 0.975. The highest BCUT2D eigenvalue weighted by molar-refractivity contribution is 6.06. The second-order valence-electron chi connectivity index (χ2n) is 4.20. The maximum atomic E-state index is 11.9. The number of nitrogens with two attached hydrogens (primary N) is 1. The summed E-state index contributed by atoms with van der Waals surface area (Å²) in [5.74, 6) is -0.516. The van der Waals surface area contributed by atoms with Gasteiger partial charge in [-0.1, -0.05) is 6.92 Å². The second kappa shape index (κ2) is 7.81. The molecule has 6 nitrogen and oxygen atoms in total. The Labute approximate surface area is 117 Å². The Bertz CT molecular complexity index is 513. The number of amides is 1. The molecular formula is C14H18N4O2. The Morgan fingerprint density at radius 1 is 1.50 bits per heavy atom. The van der Waals surface area contributed by atoms with Crippen molar-refractivity contribution < 1.29 is 9.90 Å². The van der Waals surface area contributed by atoms with Gasteiger partial charge in [0.05, 0.1) is 6.61 Å². The SMILES string of the molecule is CCC(CO)N/C=C(/C#N)C(=O)Nc1ccc(N)cc1. The Balaban J connectivity index is 2.70. The lowest BCUT2D eigenvalue weighted by molar-refractivity contribution is -0.112. The molecule has 0 fully saturated rings. The van der Waals surface area contributed by atoms with Crippen LogP contribution in [0.5, 0.6) is 0 Å². The highest BCUT2D eigenvalue weighted by Crippen LogP contribution is 2.11. The highest BCUT2D eigenvalue weighted by atomic mass is 16.3. The number of rotatable bonds is 6. The smallest absolute Gasteiger partial charge is 0.267 e. The summed E-state index contributed by atoms with van der Waals surface area (Å²) in [7, 11) is 0. The fourth-order valence-corrected chi connectivity index (χ4v) is 1.41. The zero-order valence-electron chi connectivity index (χ0n) is 11.3. The largest absolute Gasteiger partial charge is 0.399 e. The van der Waals surface area contributed by atoms with Crippen LogP contribution in [0.1, 0.15) is 13.3 Å². The molecule has 0 aliphatic heterocycles. The van der Waals surface area contributed by atoms with Gasteiger partial charge in [-0.2, -0.15) is 5.26 Å². The van der Waals surface area contributed by atoms with Crippen molar-refractivity contribution in [2.75, 3.05) is 17.7 Å². The minimum atomic E-state index is -0.516. The summed E-state index contributed by atoms with van der Waals surface area (Å²) in [6, 6.07) is 8.25. The number of benzene rings is 1. The molecule has 1 amide bonds. The van der Waals surface area contributed by atoms with Gasteiger partial charge in [0.1, 0.15) is 11.6 Å². The summed E-state index contributed by atoms with van der Waals surface area (Å²) in [5.41, 5.74) is 6.63. The molecular weight excluding hydrogens is 256 g/mol. The van der Waals surface area contributed by atoms with E-state index in [4.69, 9.17) is 16.1 Å². The van der Waals surface area contributed by atoms with Crippen LogP contribution in [0.15, 0.2) is 36.0 Å². The second-order valence-corrected chi connectivity index (χ2v) is 4.20. The Kier molecular flexibility index (Phi) is 6.07. The standard InChI is InChI=1S/C14H18N4O2/c1-2-12(9-19)17-8-10(7-15)14(20)18-13-5-3-11(16)4-6-13/h3-6,8,12,17,19H,2,9,16H2,1H3,(H,18,20)/b10-8-. The number of hydrogen-bond donors (Lipinski definition) is 4. The first-order chi connectivity index (χ1) is 9.60. The van der Waals surface area contributed by atoms with E-state index in [2.05, 4.69) is 10.6 Å². The van der Waals surface area contributed by atoms with E-state index in [9.17, 15) is 4.79 Å². The molecule has 1 aromatic carbocycles. The monoisotopic (exact) mass is 274 g/mol. The van der Waals surface area contributed by atoms with E-state index in [1.165, 1.54) is 6.20 Å². The van der Waals surface area contributed by atoms with Crippen LogP contribution in [0.4, 0.5) is 11.4 Å². The molecule has 0 heterocycles. The van der Waals surface area contributed by atoms with Crippen molar-refractivity contribution in [1.82, 2.24) is 5.32 Å². The van der Waals surface area contributed by atoms with Crippen LogP contribution in [0.25, 0.3) is 0 Å². The quantitative estimate of drug-likeness (QED) is 0.351. The molecule has 0 saturated heterocycles. The van der Waals surface area contributed by atoms with E-state index >= 15 is 0 Å². The van der Waals surface area contributed by atoms with Crippen LogP contribution in [-0.4, -0.2) is 23.7 Å². The van der Waals surface area contributed by atoms with Gasteiger partial charge in [-0.05, 0) is 30.7 Å². The molecule has 0 bridgehead atoms. The van der Waals surface area contributed by atoms with E-state index < -0.39 is 5.91 Å². The molecule has 0 aromatic heterocycles. The molecule has 0 aliphatic carbocycles. The number of nitrogens with one attached hydrogen (secondary N) is 2. The van der Waals surface area contributed by atoms with Crippen LogP contribution in [0, 0.1) is 11.3 Å². The topological polar surface area (TPSA) is 111 Å². The number of anilines is 2. The van der Waals surface area contributed by atoms with Gasteiger partial charge in [0, 0.05) is 23.6 Å². The van der Waals surface area contributed by atoms with Crippen LogP contribution in [0.3, 0.4) is 0 Å². The van der Waals surface area contributed by atoms with E-state index in [0.717, 1.165) is 0 Å². The number of carbonyl (C=O) groups is 1. The third-order valence-corrected chi connectivity index (χ3v) is 2.71. The Morgan fingerprint density at radius 3 is 2.65 bits per heavy atom. The molecule has 1 unspecified atom stereocenters. The highest BCUT2D eigenvalue weighted by Gasteiger charge is 2.10. The van der Waals surface area contributed by atoms with Gasteiger partial charge in [-0.15, -0.1) is 0 Å². The average Bonchev–Trinajstić information content (AvgIpc) is 2.46. The fourth-order valence-electron chi connectivity index (χ4n) is 1.41. The van der Waals surface area contributed by atoms with Crippen molar-refractivity contribution in [3.8, 4) is 6.07 Å². The van der Waals surface area contributed by atoms with Gasteiger partial charge in [0.25, 0.3) is 5.91 Å². The summed E-state index contributed by atoms with van der Waals surface area (Å²) in [6.07, 6.45) is 2.00. The molecule has 6 heteroatoms. The fraction of sp³-hybridized carbons (Fsp3) is 0.286. The lowest BCUT2D eigenvalue weighted by atomic mass is 10.2. The van der Waals surface area contributed by atoms with Crippen LogP contribution in [-0.2, 0) is 4.79 Å². The molecule has 1 rings (SSSR count). The minimum absolute atomic E-state index is 0.0614. The Hall–Kier alpha value is -2.52. The van der Waals surface area contributed by atoms with Crippen molar-refractivity contribution in [2.45, 2.75) is 19.4 Å². The van der Waals surface area contributed by atoms with E-state index in [1.54, 1.807) is 24.3 Å². The zero-order chi connectivity index (χ0) is 15.0. The number of aliphatic hydroxyl groups is 1. The third kappa shape index (κ3) is 4.63. The summed E-state index contributed by atoms with van der Waals surface area (Å²) in [6.45, 7) is 1.83. The van der Waals surface area contributed by atoms with Gasteiger partial charge in [0.2, 0.25) is 0 Å². The number of hydrogen-bond acceptors (Lipinski definition) is 5. The summed E-state index contributed by atoms with van der Waals surface area (Å²) >= 11 is 0. The minimum Gasteiger partial charge on any atom is -0.399 e. The van der Waals surface area contributed by atoms with Gasteiger partial charge in [0.15, 0.2) is 0 Å². The van der Waals surface area contributed by atoms with Crippen molar-refractivity contribution in [1.29, 1.82) is 5.26 Å². The number of nitriles is 1. The van der Waals surface area contributed by atoms with E-state index in [1.807, 2.05) is 13.0 Å². The van der Waals surface area contributed by atoms with E-state index in [0.29, 0.717) is 17.8 Å². The molecule has 20 heavy (non-hydrogen) atoms. The third-order valence-electron chi connectivity index (χ3n) is 2.71. The van der Waals surface area contributed by atoms with Crippen LogP contribution < -0.4 is 16.4 Å². The number of nitrogens with zero attached hydrogens (tertiary/aromatic N) is 1. The lowest BCUT2D eigenvalue weighted by Crippen LogP contribution is -2.28. The van der Waals surface area contributed by atoms with Gasteiger partial charge in [-0.25, -0.2) is 0 Å². The number of aliphatic hydroxyl groups excluding tert-OH is 1. The normalized spacial score (nSPS) is 12.3. The molecule has 0 aliphatic rings. The van der Waals surface area contributed by atoms with Crippen LogP contribution >= 0.6 is 0 Å². The van der Waals surface area contributed by atoms with Gasteiger partial charge < -0.3 is 21.5 Å². The summed E-state index contributed by atoms with van der Waals surface area (Å²) in [5, 5.41) is 23.4. The van der Waals surface area contributed by atoms with E-state index in [-0.39, 0.29) is 18.2 Å². The molecule has 5 N–H and O–H groups in total. The lowest BCUT2D eigenvalue weighted by Gasteiger charge is -2.12. The Morgan fingerprint density at radius 2 is 2.15 bits per heavy atom. The zero-order valence-corrected chi connectivity index (χ0v) is 11.3. The first-order valence-corrected chi connectivity index (χ1v) is 6.24. The van der Waals surface area contributed by atoms with Gasteiger partial charge >= 0.3 is 0 Å². The van der Waals surface area contributed by atoms with Crippen molar-refractivity contribution in [3.05, 3.63) is 36.0 Å². The summed E-state index contributed by atoms with van der Waals surface area (Å²) in [4.78, 5) is 11.9. The maximum absolute atomic E-state index is 11.9. The molecule has 0 saturated carbocycles. The van der Waals surface area contributed by atoms with Crippen molar-refractivity contribution >= 4 is 17.3 Å². The molecule has 0 spiro atoms. The van der Waals surface area contributed by atoms with Gasteiger partial charge in [-0.3, -0.25) is 4.79 Å². The van der Waals surface area contributed by atoms with Crippen molar-refractivity contribution in [2.24, 2.45) is 0 Å². The molecule has 106 valence electrons. The van der Waals surface area contributed by atoms with Crippen LogP contribution in [0.2, 0.25) is 0 Å². The molecule has 0 radical (unpaired) electrons.